The third kappa shape index (κ3) is 2.60. The largest absolute Gasteiger partial charge is 0.332 e. The van der Waals surface area contributed by atoms with Crippen LogP contribution in [0.3, 0.4) is 0 Å². The van der Waals surface area contributed by atoms with E-state index >= 15 is 0 Å². The molecule has 3 rings (SSSR count). The minimum absolute atomic E-state index is 0.395. The van der Waals surface area contributed by atoms with Gasteiger partial charge in [0.25, 0.3) is 0 Å². The molecule has 3 saturated carbocycles. The van der Waals surface area contributed by atoms with E-state index in [-0.39, 0.29) is 0 Å². The number of nitrogens with two attached hydrogens (primary N) is 1. The van der Waals surface area contributed by atoms with Crippen LogP contribution in [0.4, 0.5) is 0 Å². The van der Waals surface area contributed by atoms with Crippen molar-refractivity contribution in [2.75, 3.05) is 14.2 Å². The van der Waals surface area contributed by atoms with Crippen molar-refractivity contribution < 1.29 is 10.1 Å². The van der Waals surface area contributed by atoms with Crippen LogP contribution in [0.2, 0.25) is 0 Å². The van der Waals surface area contributed by atoms with Gasteiger partial charge in [-0.2, -0.15) is 0 Å². The summed E-state index contributed by atoms with van der Waals surface area (Å²) in [6.07, 6.45) is 14.7. The van der Waals surface area contributed by atoms with E-state index in [0.717, 1.165) is 5.41 Å². The van der Waals surface area contributed by atoms with E-state index in [2.05, 4.69) is 19.3 Å². The van der Waals surface area contributed by atoms with Gasteiger partial charge in [-0.15, -0.1) is 0 Å². The highest BCUT2D eigenvalue weighted by Crippen LogP contribution is 2.59. The van der Waals surface area contributed by atoms with Crippen LogP contribution in [0, 0.1) is 10.8 Å². The molecule has 106 valence electrons. The Labute approximate surface area is 113 Å². The van der Waals surface area contributed by atoms with Gasteiger partial charge in [0.05, 0.1) is 7.05 Å². The average molecular weight is 254 g/mol. The Hall–Kier alpha value is -0.0800. The molecule has 0 aromatic carbocycles. The number of ether oxygens (including phenoxy) is 1. The zero-order valence-electron chi connectivity index (χ0n) is 12.6. The first-order chi connectivity index (χ1) is 8.70. The molecule has 0 saturated heterocycles. The number of fused-ring (bicyclic) bond motifs is 3. The molecule has 2 heteroatoms. The van der Waals surface area contributed by atoms with Gasteiger partial charge in [-0.3, -0.25) is 0 Å². The predicted molar refractivity (Wildman–Crippen MR) is 75.4 cm³/mol. The van der Waals surface area contributed by atoms with E-state index in [1.54, 1.807) is 0 Å². The van der Waals surface area contributed by atoms with E-state index in [9.17, 15) is 0 Å². The highest BCUT2D eigenvalue weighted by atomic mass is 16.5. The Kier molecular flexibility index (Phi) is 4.71. The minimum atomic E-state index is 0.395. The van der Waals surface area contributed by atoms with Crippen molar-refractivity contribution in [3.63, 3.8) is 0 Å². The Balaban J connectivity index is 1.92. The Morgan fingerprint density at radius 2 is 1.67 bits per heavy atom. The maximum Gasteiger partial charge on any atom is 0.195 e. The molecule has 3 aliphatic carbocycles. The fourth-order valence-electron chi connectivity index (χ4n) is 4.58. The normalized spacial score (nSPS) is 36.8. The Morgan fingerprint density at radius 3 is 2.11 bits per heavy atom. The third-order valence-corrected chi connectivity index (χ3v) is 5.93. The maximum atomic E-state index is 5.73. The van der Waals surface area contributed by atoms with Crippen molar-refractivity contribution in [2.45, 2.75) is 77.4 Å². The molecule has 18 heavy (non-hydrogen) atoms. The second kappa shape index (κ2) is 5.92. The summed E-state index contributed by atoms with van der Waals surface area (Å²) in [4.78, 5) is 0. The summed E-state index contributed by atoms with van der Waals surface area (Å²) < 4.78 is 5.73. The van der Waals surface area contributed by atoms with Crippen LogP contribution in [0.25, 0.3) is 0 Å². The van der Waals surface area contributed by atoms with Crippen molar-refractivity contribution in [2.24, 2.45) is 10.8 Å². The lowest BCUT2D eigenvalue weighted by Gasteiger charge is -2.54. The van der Waals surface area contributed by atoms with E-state index in [4.69, 9.17) is 4.74 Å². The van der Waals surface area contributed by atoms with Crippen LogP contribution >= 0.6 is 0 Å². The molecule has 3 fully saturated rings. The van der Waals surface area contributed by atoms with Gasteiger partial charge in [-0.1, -0.05) is 26.2 Å². The lowest BCUT2D eigenvalue weighted by atomic mass is 9.52. The Morgan fingerprint density at radius 1 is 1.06 bits per heavy atom. The summed E-state index contributed by atoms with van der Waals surface area (Å²) in [5, 5.41) is 2.29. The summed E-state index contributed by atoms with van der Waals surface area (Å²) in [7, 11) is 4.05. The van der Waals surface area contributed by atoms with Crippen molar-refractivity contribution in [3.8, 4) is 0 Å². The molecular weight excluding hydrogens is 222 g/mol. The van der Waals surface area contributed by atoms with Gasteiger partial charge in [0.1, 0.15) is 0 Å². The van der Waals surface area contributed by atoms with Crippen molar-refractivity contribution >= 4 is 0 Å². The molecule has 1 unspecified atom stereocenters. The van der Waals surface area contributed by atoms with Gasteiger partial charge in [0.2, 0.25) is 0 Å². The molecule has 3 aliphatic rings. The number of methoxy groups -OCH3 is 1. The molecule has 0 aliphatic heterocycles. The maximum absolute atomic E-state index is 5.73. The SMILES string of the molecule is CCCCCC12CCC(C([NH2+]C)OC)(CC1)CC2. The molecule has 2 bridgehead atoms. The standard InChI is InChI=1S/C16H31NO/c1-4-5-6-7-15-8-11-16(12-9-15,13-10-15)14(17-2)18-3/h14,17H,4-13H2,1-3H3/p+1. The van der Waals surface area contributed by atoms with Gasteiger partial charge >= 0.3 is 0 Å². The third-order valence-electron chi connectivity index (χ3n) is 5.93. The minimum Gasteiger partial charge on any atom is -0.332 e. The molecule has 2 N–H and O–H groups in total. The number of hydrogen-bond acceptors (Lipinski definition) is 1. The molecule has 0 amide bonds. The summed E-state index contributed by atoms with van der Waals surface area (Å²) in [5.41, 5.74) is 1.22. The fraction of sp³-hybridized carbons (Fsp3) is 1.00. The summed E-state index contributed by atoms with van der Waals surface area (Å²) >= 11 is 0. The lowest BCUT2D eigenvalue weighted by Crippen LogP contribution is -2.90. The first-order valence-electron chi connectivity index (χ1n) is 8.03. The Bertz CT molecular complexity index is 235. The second-order valence-corrected chi connectivity index (χ2v) is 6.81. The van der Waals surface area contributed by atoms with Crippen molar-refractivity contribution in [1.82, 2.24) is 0 Å². The van der Waals surface area contributed by atoms with Gasteiger partial charge in [0, 0.05) is 12.5 Å². The zero-order chi connectivity index (χ0) is 13.1. The van der Waals surface area contributed by atoms with Crippen LogP contribution in [0.5, 0.6) is 0 Å². The lowest BCUT2D eigenvalue weighted by molar-refractivity contribution is -0.720. The van der Waals surface area contributed by atoms with Crippen LogP contribution < -0.4 is 5.32 Å². The number of rotatable bonds is 7. The molecule has 0 spiro atoms. The van der Waals surface area contributed by atoms with E-state index in [0.29, 0.717) is 11.6 Å². The van der Waals surface area contributed by atoms with Crippen molar-refractivity contribution in [3.05, 3.63) is 0 Å². The highest BCUT2D eigenvalue weighted by Gasteiger charge is 2.53. The van der Waals surface area contributed by atoms with Crippen LogP contribution in [0.1, 0.15) is 71.1 Å². The van der Waals surface area contributed by atoms with Gasteiger partial charge < -0.3 is 10.1 Å². The first kappa shape index (κ1) is 14.3. The molecule has 0 heterocycles. The second-order valence-electron chi connectivity index (χ2n) is 6.81. The van der Waals surface area contributed by atoms with Gasteiger partial charge in [-0.05, 0) is 50.4 Å². The van der Waals surface area contributed by atoms with Gasteiger partial charge in [-0.25, -0.2) is 0 Å². The molecule has 0 radical (unpaired) electrons. The quantitative estimate of drug-likeness (QED) is 0.548. The molecular formula is C16H32NO+. The monoisotopic (exact) mass is 254 g/mol. The van der Waals surface area contributed by atoms with E-state index in [1.807, 2.05) is 7.11 Å². The fourth-order valence-corrected chi connectivity index (χ4v) is 4.58. The van der Waals surface area contributed by atoms with Crippen LogP contribution in [0.15, 0.2) is 0 Å². The molecule has 2 nitrogen and oxygen atoms in total. The molecule has 0 aromatic heterocycles. The van der Waals surface area contributed by atoms with Crippen LogP contribution in [-0.2, 0) is 4.74 Å². The smallest absolute Gasteiger partial charge is 0.195 e. The summed E-state index contributed by atoms with van der Waals surface area (Å²) in [5.74, 6) is 0. The van der Waals surface area contributed by atoms with E-state index in [1.165, 1.54) is 64.2 Å². The number of unbranched alkanes of at least 4 members (excludes halogenated alkanes) is 2. The first-order valence-corrected chi connectivity index (χ1v) is 8.03. The molecule has 0 aromatic rings. The van der Waals surface area contributed by atoms with Crippen molar-refractivity contribution in [1.29, 1.82) is 0 Å². The zero-order valence-corrected chi connectivity index (χ0v) is 12.6. The van der Waals surface area contributed by atoms with E-state index < -0.39 is 0 Å². The average Bonchev–Trinajstić information content (AvgIpc) is 2.42. The topological polar surface area (TPSA) is 25.8 Å². The number of hydrogen-bond donors (Lipinski definition) is 1. The summed E-state index contributed by atoms with van der Waals surface area (Å²) in [6.45, 7) is 2.31. The van der Waals surface area contributed by atoms with Crippen LogP contribution in [-0.4, -0.2) is 20.4 Å². The predicted octanol–water partition coefficient (Wildman–Crippen LogP) is 3.07. The summed E-state index contributed by atoms with van der Waals surface area (Å²) in [6, 6.07) is 0. The highest BCUT2D eigenvalue weighted by molar-refractivity contribution is 5.00. The molecule has 1 atom stereocenters. The van der Waals surface area contributed by atoms with Gasteiger partial charge in [0.15, 0.2) is 6.23 Å². The number of quaternary nitrogens is 1.